The number of anilines is 2. The van der Waals surface area contributed by atoms with Crippen LogP contribution in [-0.2, 0) is 0 Å². The molecule has 2 nitrogen and oxygen atoms in total. The molecule has 1 N–H and O–H groups in total. The first-order valence-corrected chi connectivity index (χ1v) is 10.2. The molecule has 1 aliphatic heterocycles. The molecule has 2 aromatic carbocycles. The van der Waals surface area contributed by atoms with Gasteiger partial charge in [-0.2, -0.15) is 0 Å². The molecule has 1 fully saturated rings. The number of nitrogens with zero attached hydrogens (tertiary/aromatic N) is 1. The lowest BCUT2D eigenvalue weighted by Gasteiger charge is -2.34. The SMILES string of the molecule is C=C(C)C1CCN(c2ccc(C)c(NC(C)c3ccc(C)cc3C)c2)CC1. The third-order valence-electron chi connectivity index (χ3n) is 6.04. The second-order valence-electron chi connectivity index (χ2n) is 8.33. The largest absolute Gasteiger partial charge is 0.378 e. The molecule has 0 aromatic heterocycles. The van der Waals surface area contributed by atoms with E-state index in [1.807, 2.05) is 0 Å². The highest BCUT2D eigenvalue weighted by Gasteiger charge is 2.20. The molecule has 0 spiro atoms. The Morgan fingerprint density at radius 2 is 1.74 bits per heavy atom. The third-order valence-corrected chi connectivity index (χ3v) is 6.04. The summed E-state index contributed by atoms with van der Waals surface area (Å²) in [5, 5.41) is 3.75. The highest BCUT2D eigenvalue weighted by molar-refractivity contribution is 5.63. The average molecular weight is 363 g/mol. The number of aryl methyl sites for hydroxylation is 3. The molecule has 1 atom stereocenters. The molecule has 2 aromatic rings. The van der Waals surface area contributed by atoms with Gasteiger partial charge in [-0.15, -0.1) is 0 Å². The van der Waals surface area contributed by atoms with Gasteiger partial charge in [0.05, 0.1) is 0 Å². The van der Waals surface area contributed by atoms with Crippen molar-refractivity contribution in [1.29, 1.82) is 0 Å². The van der Waals surface area contributed by atoms with Crippen LogP contribution in [0.25, 0.3) is 0 Å². The van der Waals surface area contributed by atoms with Crippen LogP contribution in [0.1, 0.15) is 55.0 Å². The van der Waals surface area contributed by atoms with Crippen LogP contribution < -0.4 is 10.2 Å². The highest BCUT2D eigenvalue weighted by Crippen LogP contribution is 2.31. The normalized spacial score (nSPS) is 16.3. The molecule has 1 saturated heterocycles. The molecule has 0 bridgehead atoms. The molecule has 1 unspecified atom stereocenters. The zero-order valence-corrected chi connectivity index (χ0v) is 17.6. The summed E-state index contributed by atoms with van der Waals surface area (Å²) in [6.07, 6.45) is 2.43. The van der Waals surface area contributed by atoms with Gasteiger partial charge < -0.3 is 10.2 Å². The van der Waals surface area contributed by atoms with E-state index in [1.54, 1.807) is 0 Å². The first kappa shape index (κ1) is 19.5. The first-order chi connectivity index (χ1) is 12.8. The van der Waals surface area contributed by atoms with Crippen LogP contribution in [0.5, 0.6) is 0 Å². The van der Waals surface area contributed by atoms with E-state index in [4.69, 9.17) is 0 Å². The Kier molecular flexibility index (Phi) is 5.94. The molecule has 0 amide bonds. The fraction of sp³-hybridized carbons (Fsp3) is 0.440. The second-order valence-corrected chi connectivity index (χ2v) is 8.33. The van der Waals surface area contributed by atoms with Gasteiger partial charge in [0.25, 0.3) is 0 Å². The summed E-state index contributed by atoms with van der Waals surface area (Å²) in [6.45, 7) is 17.3. The van der Waals surface area contributed by atoms with E-state index >= 15 is 0 Å². The van der Waals surface area contributed by atoms with Crippen molar-refractivity contribution in [2.45, 2.75) is 53.5 Å². The maximum Gasteiger partial charge on any atom is 0.0488 e. The van der Waals surface area contributed by atoms with Crippen molar-refractivity contribution in [1.82, 2.24) is 0 Å². The average Bonchev–Trinajstić information content (AvgIpc) is 2.63. The Morgan fingerprint density at radius 3 is 2.37 bits per heavy atom. The number of hydrogen-bond acceptors (Lipinski definition) is 2. The van der Waals surface area contributed by atoms with E-state index in [2.05, 4.69) is 87.8 Å². The molecule has 1 heterocycles. The fourth-order valence-corrected chi connectivity index (χ4v) is 4.22. The van der Waals surface area contributed by atoms with Gasteiger partial charge in [0, 0.05) is 30.5 Å². The summed E-state index contributed by atoms with van der Waals surface area (Å²) < 4.78 is 0. The summed E-state index contributed by atoms with van der Waals surface area (Å²) in [7, 11) is 0. The lowest BCUT2D eigenvalue weighted by atomic mass is 9.91. The third kappa shape index (κ3) is 4.55. The maximum atomic E-state index is 4.15. The van der Waals surface area contributed by atoms with E-state index in [0.29, 0.717) is 5.92 Å². The Balaban J connectivity index is 1.75. The highest BCUT2D eigenvalue weighted by atomic mass is 15.1. The van der Waals surface area contributed by atoms with Gasteiger partial charge in [-0.05, 0) is 82.2 Å². The zero-order valence-electron chi connectivity index (χ0n) is 17.6. The zero-order chi connectivity index (χ0) is 19.6. The summed E-state index contributed by atoms with van der Waals surface area (Å²) in [6, 6.07) is 13.9. The summed E-state index contributed by atoms with van der Waals surface area (Å²) in [4.78, 5) is 2.52. The van der Waals surface area contributed by atoms with Gasteiger partial charge in [-0.3, -0.25) is 0 Å². The van der Waals surface area contributed by atoms with E-state index < -0.39 is 0 Å². The van der Waals surface area contributed by atoms with E-state index in [9.17, 15) is 0 Å². The van der Waals surface area contributed by atoms with Crippen molar-refractivity contribution in [2.75, 3.05) is 23.3 Å². The lowest BCUT2D eigenvalue weighted by Crippen LogP contribution is -2.33. The molecular weight excluding hydrogens is 328 g/mol. The Hall–Kier alpha value is -2.22. The van der Waals surface area contributed by atoms with Crippen LogP contribution in [-0.4, -0.2) is 13.1 Å². The van der Waals surface area contributed by atoms with Crippen LogP contribution in [0.3, 0.4) is 0 Å². The van der Waals surface area contributed by atoms with Crippen molar-refractivity contribution >= 4 is 11.4 Å². The Labute approximate surface area is 165 Å². The monoisotopic (exact) mass is 362 g/mol. The van der Waals surface area contributed by atoms with Gasteiger partial charge in [-0.1, -0.05) is 42.0 Å². The Bertz CT molecular complexity index is 813. The molecule has 144 valence electrons. The molecule has 0 saturated carbocycles. The molecule has 1 aliphatic rings. The summed E-state index contributed by atoms with van der Waals surface area (Å²) in [5.41, 5.74) is 9.24. The van der Waals surface area contributed by atoms with Gasteiger partial charge in [0.15, 0.2) is 0 Å². The Morgan fingerprint density at radius 1 is 1.04 bits per heavy atom. The molecular formula is C25H34N2. The number of benzene rings is 2. The van der Waals surface area contributed by atoms with Crippen molar-refractivity contribution < 1.29 is 0 Å². The first-order valence-electron chi connectivity index (χ1n) is 10.2. The molecule has 2 heteroatoms. The summed E-state index contributed by atoms with van der Waals surface area (Å²) in [5.74, 6) is 0.689. The predicted octanol–water partition coefficient (Wildman–Crippen LogP) is 6.58. The smallest absolute Gasteiger partial charge is 0.0488 e. The van der Waals surface area contributed by atoms with Crippen molar-refractivity contribution in [3.05, 3.63) is 70.8 Å². The number of hydrogen-bond donors (Lipinski definition) is 1. The number of piperidine rings is 1. The van der Waals surface area contributed by atoms with E-state index in [1.165, 1.54) is 52.0 Å². The fourth-order valence-electron chi connectivity index (χ4n) is 4.22. The molecule has 27 heavy (non-hydrogen) atoms. The van der Waals surface area contributed by atoms with Crippen LogP contribution in [0.2, 0.25) is 0 Å². The minimum Gasteiger partial charge on any atom is -0.378 e. The number of nitrogens with one attached hydrogen (secondary N) is 1. The molecule has 0 radical (unpaired) electrons. The predicted molar refractivity (Wildman–Crippen MR) is 119 cm³/mol. The van der Waals surface area contributed by atoms with Crippen LogP contribution in [0.15, 0.2) is 48.6 Å². The minimum atomic E-state index is 0.286. The topological polar surface area (TPSA) is 15.3 Å². The van der Waals surface area contributed by atoms with Crippen molar-refractivity contribution in [2.24, 2.45) is 5.92 Å². The van der Waals surface area contributed by atoms with E-state index in [0.717, 1.165) is 13.1 Å². The van der Waals surface area contributed by atoms with Gasteiger partial charge in [-0.25, -0.2) is 0 Å². The minimum absolute atomic E-state index is 0.286. The molecule has 3 rings (SSSR count). The van der Waals surface area contributed by atoms with Gasteiger partial charge >= 0.3 is 0 Å². The van der Waals surface area contributed by atoms with Crippen molar-refractivity contribution in [3.63, 3.8) is 0 Å². The number of allylic oxidation sites excluding steroid dienone is 1. The van der Waals surface area contributed by atoms with Crippen LogP contribution in [0.4, 0.5) is 11.4 Å². The second kappa shape index (κ2) is 8.21. The quantitative estimate of drug-likeness (QED) is 0.605. The lowest BCUT2D eigenvalue weighted by molar-refractivity contribution is 0.459. The van der Waals surface area contributed by atoms with Crippen LogP contribution >= 0.6 is 0 Å². The van der Waals surface area contributed by atoms with Gasteiger partial charge in [0.2, 0.25) is 0 Å². The summed E-state index contributed by atoms with van der Waals surface area (Å²) >= 11 is 0. The molecule has 0 aliphatic carbocycles. The maximum absolute atomic E-state index is 4.15. The van der Waals surface area contributed by atoms with E-state index in [-0.39, 0.29) is 6.04 Å². The van der Waals surface area contributed by atoms with Crippen LogP contribution in [0, 0.1) is 26.7 Å². The van der Waals surface area contributed by atoms with Crippen molar-refractivity contribution in [3.8, 4) is 0 Å². The number of rotatable bonds is 5. The standard InChI is InChI=1S/C25H34N2/c1-17(2)22-11-13-27(14-12-22)23-9-8-19(4)25(16-23)26-21(6)24-10-7-18(3)15-20(24)5/h7-10,15-16,21-22,26H,1,11-14H2,2-6H3. The van der Waals surface area contributed by atoms with Gasteiger partial charge in [0.1, 0.15) is 0 Å².